The van der Waals surface area contributed by atoms with Crippen molar-refractivity contribution in [3.05, 3.63) is 99.4 Å². The first-order valence-electron chi connectivity index (χ1n) is 11.9. The van der Waals surface area contributed by atoms with Crippen molar-refractivity contribution in [2.45, 2.75) is 32.4 Å². The van der Waals surface area contributed by atoms with Crippen LogP contribution < -0.4 is 4.90 Å². The van der Waals surface area contributed by atoms with Gasteiger partial charge in [-0.25, -0.2) is 4.68 Å². The second-order valence-corrected chi connectivity index (χ2v) is 9.94. The molecule has 0 saturated heterocycles. The molecule has 1 amide bonds. The summed E-state index contributed by atoms with van der Waals surface area (Å²) in [4.78, 5) is 29.8. The summed E-state index contributed by atoms with van der Waals surface area (Å²) in [5.74, 6) is -1.31. The Hall–Kier alpha value is -3.02. The number of carbonyl (C=O) groups is 2. The van der Waals surface area contributed by atoms with E-state index in [1.54, 1.807) is 9.58 Å². The number of aryl methyl sites for hydroxylation is 1. The highest BCUT2D eigenvalue weighted by Crippen LogP contribution is 2.48. The summed E-state index contributed by atoms with van der Waals surface area (Å²) in [6, 6.07) is 17.7. The van der Waals surface area contributed by atoms with Crippen LogP contribution in [-0.2, 0) is 11.0 Å². The van der Waals surface area contributed by atoms with Gasteiger partial charge in [-0.05, 0) is 49.6 Å². The Morgan fingerprint density at radius 3 is 2.36 bits per heavy atom. The highest BCUT2D eigenvalue weighted by molar-refractivity contribution is 7.59. The number of aromatic nitrogens is 2. The van der Waals surface area contributed by atoms with Gasteiger partial charge in [-0.3, -0.25) is 14.5 Å². The quantitative estimate of drug-likeness (QED) is 0.230. The molecule has 2 atom stereocenters. The Morgan fingerprint density at radius 1 is 1.03 bits per heavy atom. The van der Waals surface area contributed by atoms with E-state index in [1.807, 2.05) is 61.7 Å². The fraction of sp³-hybridized carbons (Fsp3) is 0.250. The van der Waals surface area contributed by atoms with E-state index in [-0.39, 0.29) is 44.9 Å². The lowest BCUT2D eigenvalue weighted by molar-refractivity contribution is -0.137. The molecule has 11 heteroatoms. The van der Waals surface area contributed by atoms with Gasteiger partial charge in [-0.15, -0.1) is 11.3 Å². The molecular weight excluding hydrogens is 564 g/mol. The van der Waals surface area contributed by atoms with E-state index in [0.717, 1.165) is 34.0 Å². The smallest absolute Gasteiger partial charge is 0.296 e. The molecule has 0 N–H and O–H groups in total. The van der Waals surface area contributed by atoms with Crippen molar-refractivity contribution in [2.75, 3.05) is 11.4 Å². The van der Waals surface area contributed by atoms with E-state index in [1.165, 1.54) is 23.5 Å². The maximum atomic E-state index is 14.0. The van der Waals surface area contributed by atoms with E-state index >= 15 is 0 Å². The predicted molar refractivity (Wildman–Crippen MR) is 157 cm³/mol. The number of para-hydroxylation sites is 1. The second-order valence-electron chi connectivity index (χ2n) is 8.96. The molecule has 1 aliphatic rings. The Kier molecular flexibility index (Phi) is 9.40. The zero-order chi connectivity index (χ0) is 26.3. The largest absolute Gasteiger partial charge is 0.416 e. The Morgan fingerprint density at radius 2 is 1.74 bits per heavy atom. The summed E-state index contributed by atoms with van der Waals surface area (Å²) in [7, 11) is 0. The second kappa shape index (κ2) is 12.0. The van der Waals surface area contributed by atoms with Crippen LogP contribution in [0, 0.1) is 12.8 Å². The third-order valence-electron chi connectivity index (χ3n) is 6.72. The van der Waals surface area contributed by atoms with Gasteiger partial charge in [-0.1, -0.05) is 36.4 Å². The molecule has 206 valence electrons. The van der Waals surface area contributed by atoms with Gasteiger partial charge in [-0.2, -0.15) is 45.3 Å². The maximum Gasteiger partial charge on any atom is 0.416 e. The first-order valence-corrected chi connectivity index (χ1v) is 12.8. The van der Waals surface area contributed by atoms with Crippen LogP contribution in [0.25, 0.3) is 5.69 Å². The van der Waals surface area contributed by atoms with Crippen LogP contribution in [-0.4, -0.2) is 28.0 Å². The number of fused-ring (bicyclic) bond motifs is 1. The average molecular weight is 592 g/mol. The van der Waals surface area contributed by atoms with Crippen LogP contribution in [0.15, 0.2) is 72.1 Å². The fourth-order valence-electron chi connectivity index (χ4n) is 5.05. The number of halogens is 3. The number of amides is 1. The topological polar surface area (TPSA) is 55.2 Å². The first-order chi connectivity index (χ1) is 17.7. The lowest BCUT2D eigenvalue weighted by atomic mass is 9.77. The summed E-state index contributed by atoms with van der Waals surface area (Å²) in [6.45, 7) is 4.10. The normalized spacial score (nSPS) is 16.7. The summed E-state index contributed by atoms with van der Waals surface area (Å²) >= 11 is 1.48. The van der Waals surface area contributed by atoms with Gasteiger partial charge in [0.15, 0.2) is 5.78 Å². The van der Waals surface area contributed by atoms with E-state index in [2.05, 4.69) is 0 Å². The van der Waals surface area contributed by atoms with Crippen LogP contribution in [0.4, 0.5) is 19.0 Å². The minimum atomic E-state index is -4.56. The van der Waals surface area contributed by atoms with Crippen molar-refractivity contribution in [1.82, 2.24) is 9.78 Å². The lowest BCUT2D eigenvalue weighted by Gasteiger charge is -2.37. The molecule has 3 heterocycles. The molecule has 5 rings (SSSR count). The Labute approximate surface area is 242 Å². The molecule has 1 aliphatic heterocycles. The van der Waals surface area contributed by atoms with Crippen molar-refractivity contribution in [3.8, 4) is 5.69 Å². The monoisotopic (exact) mass is 591 g/mol. The molecule has 2 aromatic carbocycles. The number of anilines is 1. The van der Waals surface area contributed by atoms with Gasteiger partial charge >= 0.3 is 6.18 Å². The van der Waals surface area contributed by atoms with Gasteiger partial charge in [0.2, 0.25) is 5.91 Å². The van der Waals surface area contributed by atoms with Crippen LogP contribution in [0.3, 0.4) is 0 Å². The highest BCUT2D eigenvalue weighted by Gasteiger charge is 2.46. The molecule has 0 saturated carbocycles. The number of benzene rings is 2. The number of Topliss-reactive ketones (excluding diaryl/α,β-unsaturated/α-hetero) is 1. The van der Waals surface area contributed by atoms with Crippen LogP contribution in [0.1, 0.15) is 51.3 Å². The zero-order valence-electron chi connectivity index (χ0n) is 21.2. The van der Waals surface area contributed by atoms with Crippen LogP contribution >= 0.6 is 38.3 Å². The molecule has 5 nitrogen and oxygen atoms in total. The molecule has 0 fully saturated rings. The van der Waals surface area contributed by atoms with Gasteiger partial charge in [0.25, 0.3) is 0 Å². The standard InChI is InChI=1S/C28H24F3N3O2S.2H2S/c1-3-33-26-24(17(2)32-34(26)20-11-5-4-6-12-20)25(23-13-8-14-37-23)21(27(33)36)16-22(35)18-9-7-10-19(15-18)28(29,30)31;;/h4-15,21,25H,3,16H2,1-2H3;2*1H2/t21-,25-;;/m0../s1. The molecular formula is C28H28F3N3O2S3. The van der Waals surface area contributed by atoms with Crippen molar-refractivity contribution in [2.24, 2.45) is 5.92 Å². The Balaban J connectivity index is 0.00000210. The van der Waals surface area contributed by atoms with Crippen molar-refractivity contribution in [3.63, 3.8) is 0 Å². The van der Waals surface area contributed by atoms with Gasteiger partial charge in [0.1, 0.15) is 5.82 Å². The first kappa shape index (κ1) is 30.5. The third-order valence-corrected chi connectivity index (χ3v) is 7.67. The van der Waals surface area contributed by atoms with E-state index in [0.29, 0.717) is 12.4 Å². The number of hydrogen-bond acceptors (Lipinski definition) is 4. The lowest BCUT2D eigenvalue weighted by Crippen LogP contribution is -2.45. The number of rotatable bonds is 6. The SMILES string of the molecule is CCN1C(=O)[C@@H](CC(=O)c2cccc(C(F)(F)F)c2)[C@@H](c2cccs2)c2c(C)nn(-c3ccccc3)c21.S.S. The van der Waals surface area contributed by atoms with Crippen molar-refractivity contribution < 1.29 is 22.8 Å². The molecule has 2 aromatic heterocycles. The third kappa shape index (κ3) is 5.66. The molecule has 0 bridgehead atoms. The van der Waals surface area contributed by atoms with Gasteiger partial charge in [0, 0.05) is 34.9 Å². The molecule has 39 heavy (non-hydrogen) atoms. The van der Waals surface area contributed by atoms with E-state index < -0.39 is 29.4 Å². The van der Waals surface area contributed by atoms with Crippen molar-refractivity contribution in [1.29, 1.82) is 0 Å². The summed E-state index contributed by atoms with van der Waals surface area (Å²) in [5.41, 5.74) is 1.45. The molecule has 0 unspecified atom stereocenters. The molecule has 4 aromatic rings. The average Bonchev–Trinajstić information content (AvgIpc) is 3.53. The van der Waals surface area contributed by atoms with Crippen LogP contribution in [0.5, 0.6) is 0 Å². The van der Waals surface area contributed by atoms with E-state index in [4.69, 9.17) is 5.10 Å². The number of nitrogens with zero attached hydrogens (tertiary/aromatic N) is 3. The molecule has 0 aliphatic carbocycles. The fourth-order valence-corrected chi connectivity index (χ4v) is 5.95. The van der Waals surface area contributed by atoms with Crippen LogP contribution in [0.2, 0.25) is 0 Å². The predicted octanol–water partition coefficient (Wildman–Crippen LogP) is 6.87. The molecule has 0 radical (unpaired) electrons. The highest BCUT2D eigenvalue weighted by atomic mass is 32.1. The minimum Gasteiger partial charge on any atom is -0.296 e. The zero-order valence-corrected chi connectivity index (χ0v) is 24.0. The summed E-state index contributed by atoms with van der Waals surface area (Å²) in [6.07, 6.45) is -4.78. The van der Waals surface area contributed by atoms with E-state index in [9.17, 15) is 22.8 Å². The summed E-state index contributed by atoms with van der Waals surface area (Å²) in [5, 5.41) is 6.69. The van der Waals surface area contributed by atoms with Gasteiger partial charge < -0.3 is 0 Å². The number of ketones is 1. The summed E-state index contributed by atoms with van der Waals surface area (Å²) < 4.78 is 41.6. The number of hydrogen-bond donors (Lipinski definition) is 0. The number of carbonyl (C=O) groups excluding carboxylic acids is 2. The molecule has 0 spiro atoms. The maximum absolute atomic E-state index is 14.0. The van der Waals surface area contributed by atoms with Crippen molar-refractivity contribution >= 4 is 55.8 Å². The number of alkyl halides is 3. The van der Waals surface area contributed by atoms with Gasteiger partial charge in [0.05, 0.1) is 22.9 Å². The number of thiophene rings is 1. The Bertz CT molecular complexity index is 1450. The minimum absolute atomic E-state index is 0.